The lowest BCUT2D eigenvalue weighted by molar-refractivity contribution is 0.772. The van der Waals surface area contributed by atoms with Gasteiger partial charge in [0.2, 0.25) is 0 Å². The van der Waals surface area contributed by atoms with Crippen molar-refractivity contribution in [1.29, 1.82) is 0 Å². The van der Waals surface area contributed by atoms with E-state index in [1.807, 2.05) is 0 Å². The number of halogens is 2. The van der Waals surface area contributed by atoms with Gasteiger partial charge in [0.15, 0.2) is 0 Å². The van der Waals surface area contributed by atoms with E-state index in [0.717, 1.165) is 0 Å². The number of unbranched alkanes of at least 4 members (excludes halogenated alkanes) is 2. The quantitative estimate of drug-likeness (QED) is 0.515. The molecule has 0 unspecified atom stereocenters. The Morgan fingerprint density at radius 3 is 1.14 bits per heavy atom. The highest BCUT2D eigenvalue weighted by Gasteiger charge is 1.68. The normalized spacial score (nSPS) is 6.00. The predicted molar refractivity (Wildman–Crippen MR) is 30.2 cm³/mol. The van der Waals surface area contributed by atoms with E-state index in [1.54, 1.807) is 0 Å². The fourth-order valence-corrected chi connectivity index (χ4v) is 0.354. The van der Waals surface area contributed by atoms with Gasteiger partial charge in [0.1, 0.15) is 0 Å². The maximum Gasteiger partial charge on any atom is -0.0538 e. The van der Waals surface area contributed by atoms with Crippen LogP contribution in [0, 0.1) is 0 Å². The third-order valence-corrected chi connectivity index (χ3v) is 0.707. The van der Waals surface area contributed by atoms with Crippen LogP contribution in [0.5, 0.6) is 0 Å². The Bertz CT molecular complexity index is 13.6. The summed E-state index contributed by atoms with van der Waals surface area (Å²) in [5.41, 5.74) is 0. The summed E-state index contributed by atoms with van der Waals surface area (Å²) in [4.78, 5) is 0. The molecule has 0 spiro atoms. The minimum atomic E-state index is 0. The maximum atomic E-state index is 2.21. The fourth-order valence-electron chi connectivity index (χ4n) is 0.354. The van der Waals surface area contributed by atoms with Crippen LogP contribution in [-0.4, -0.2) is 0 Å². The molecule has 0 saturated carbocycles. The fraction of sp³-hybridized carbons (Fsp3) is 1.00. The highest BCUT2D eigenvalue weighted by molar-refractivity contribution is 4.24. The van der Waals surface area contributed by atoms with Crippen molar-refractivity contribution in [3.63, 3.8) is 0 Å². The molecule has 0 aliphatic rings. The van der Waals surface area contributed by atoms with Gasteiger partial charge >= 0.3 is 0 Å². The third-order valence-electron chi connectivity index (χ3n) is 0.707. The van der Waals surface area contributed by atoms with Gasteiger partial charge in [-0.3, -0.25) is 9.41 Å². The molecule has 0 aliphatic carbocycles. The van der Waals surface area contributed by atoms with Crippen LogP contribution in [0.3, 0.4) is 0 Å². The maximum absolute atomic E-state index is 2.21. The highest BCUT2D eigenvalue weighted by atomic mass is 19.0. The van der Waals surface area contributed by atoms with E-state index in [9.17, 15) is 0 Å². The predicted octanol–water partition coefficient (Wildman–Crippen LogP) is 2.50. The molecule has 0 nitrogen and oxygen atoms in total. The Hall–Kier alpha value is -0.140. The summed E-state index contributed by atoms with van der Waals surface area (Å²) >= 11 is 0. The minimum absolute atomic E-state index is 0. The first-order chi connectivity index (χ1) is 2.41. The van der Waals surface area contributed by atoms with Gasteiger partial charge in [-0.1, -0.05) is 33.1 Å². The summed E-state index contributed by atoms with van der Waals surface area (Å²) in [5, 5.41) is 0. The van der Waals surface area contributed by atoms with Gasteiger partial charge in [-0.05, 0) is 0 Å². The monoisotopic (exact) mass is 112 g/mol. The summed E-state index contributed by atoms with van der Waals surface area (Å²) in [6.45, 7) is 4.42. The van der Waals surface area contributed by atoms with Gasteiger partial charge in [-0.25, -0.2) is 0 Å². The summed E-state index contributed by atoms with van der Waals surface area (Å²) < 4.78 is 0. The van der Waals surface area contributed by atoms with Crippen LogP contribution in [0.15, 0.2) is 0 Å². The third kappa shape index (κ3) is 25.2. The molecule has 0 atom stereocenters. The van der Waals surface area contributed by atoms with Crippen LogP contribution >= 0.6 is 0 Å². The lowest BCUT2D eigenvalue weighted by Crippen LogP contribution is -1.59. The van der Waals surface area contributed by atoms with Crippen molar-refractivity contribution in [1.82, 2.24) is 0 Å². The molecule has 0 heterocycles. The SMILES string of the molecule is CCCCC.F.F. The van der Waals surface area contributed by atoms with Crippen LogP contribution in [0.2, 0.25) is 0 Å². The molecule has 0 aromatic rings. The first kappa shape index (κ1) is 15.8. The Morgan fingerprint density at radius 1 is 0.857 bits per heavy atom. The number of hydrogen-bond donors (Lipinski definition) is 0. The first-order valence-electron chi connectivity index (χ1n) is 2.41. The van der Waals surface area contributed by atoms with E-state index in [-0.39, 0.29) is 9.41 Å². The Labute approximate surface area is 43.7 Å². The summed E-state index contributed by atoms with van der Waals surface area (Å²) in [6.07, 6.45) is 4.08. The molecule has 0 saturated heterocycles. The first-order valence-corrected chi connectivity index (χ1v) is 2.41. The summed E-state index contributed by atoms with van der Waals surface area (Å²) in [6, 6.07) is 0. The molecule has 0 fully saturated rings. The molecule has 0 aliphatic heterocycles. The van der Waals surface area contributed by atoms with Crippen molar-refractivity contribution < 1.29 is 9.41 Å². The Morgan fingerprint density at radius 2 is 1.14 bits per heavy atom. The average Bonchev–Trinajstić information content (AvgIpc) is 1.41. The molecule has 0 rings (SSSR count). The Balaban J connectivity index is -0.0000000800. The van der Waals surface area contributed by atoms with E-state index in [1.165, 1.54) is 19.3 Å². The second-order valence-corrected chi connectivity index (χ2v) is 1.35. The van der Waals surface area contributed by atoms with Gasteiger partial charge < -0.3 is 0 Å². The summed E-state index contributed by atoms with van der Waals surface area (Å²) in [5.74, 6) is 0. The van der Waals surface area contributed by atoms with Crippen LogP contribution in [0.4, 0.5) is 9.41 Å². The highest BCUT2D eigenvalue weighted by Crippen LogP contribution is 1.88. The zero-order valence-electron chi connectivity index (χ0n) is 4.94. The van der Waals surface area contributed by atoms with Crippen molar-refractivity contribution in [3.8, 4) is 0 Å². The topological polar surface area (TPSA) is 0 Å². The second kappa shape index (κ2) is 16.9. The Kier molecular flexibility index (Phi) is 38.2. The molecule has 0 amide bonds. The zero-order valence-corrected chi connectivity index (χ0v) is 4.94. The van der Waals surface area contributed by atoms with Gasteiger partial charge in [-0.15, -0.1) is 0 Å². The zero-order chi connectivity index (χ0) is 4.12. The van der Waals surface area contributed by atoms with E-state index in [2.05, 4.69) is 13.8 Å². The largest absolute Gasteiger partial charge is 0.269 e. The molecular formula is C5H14F2. The second-order valence-electron chi connectivity index (χ2n) is 1.35. The van der Waals surface area contributed by atoms with E-state index in [4.69, 9.17) is 0 Å². The molecule has 0 N–H and O–H groups in total. The van der Waals surface area contributed by atoms with Crippen molar-refractivity contribution in [2.24, 2.45) is 0 Å². The van der Waals surface area contributed by atoms with Crippen LogP contribution in [0.1, 0.15) is 33.1 Å². The lowest BCUT2D eigenvalue weighted by Gasteiger charge is -1.79. The van der Waals surface area contributed by atoms with Gasteiger partial charge in [0.05, 0.1) is 0 Å². The molecule has 7 heavy (non-hydrogen) atoms. The average molecular weight is 112 g/mol. The van der Waals surface area contributed by atoms with E-state index in [0.29, 0.717) is 0 Å². The molecule has 2 heteroatoms. The van der Waals surface area contributed by atoms with Crippen LogP contribution < -0.4 is 0 Å². The molecule has 0 aromatic heterocycles. The molecule has 0 radical (unpaired) electrons. The van der Waals surface area contributed by atoms with Gasteiger partial charge in [0.25, 0.3) is 0 Å². The van der Waals surface area contributed by atoms with Crippen molar-refractivity contribution >= 4 is 0 Å². The molecule has 0 bridgehead atoms. The number of hydrogen-bond acceptors (Lipinski definition) is 0. The van der Waals surface area contributed by atoms with Crippen molar-refractivity contribution in [3.05, 3.63) is 0 Å². The molecule has 48 valence electrons. The van der Waals surface area contributed by atoms with E-state index < -0.39 is 0 Å². The van der Waals surface area contributed by atoms with Crippen LogP contribution in [0.25, 0.3) is 0 Å². The molecular weight excluding hydrogens is 98.1 g/mol. The minimum Gasteiger partial charge on any atom is -0.269 e. The van der Waals surface area contributed by atoms with E-state index >= 15 is 0 Å². The standard InChI is InChI=1S/C5H12.2FH/c1-3-5-4-2;;/h3-5H2,1-2H3;2*1H. The van der Waals surface area contributed by atoms with Gasteiger partial charge in [0, 0.05) is 0 Å². The van der Waals surface area contributed by atoms with Gasteiger partial charge in [-0.2, -0.15) is 0 Å². The van der Waals surface area contributed by atoms with Crippen LogP contribution in [-0.2, 0) is 0 Å². The lowest BCUT2D eigenvalue weighted by atomic mass is 10.3. The van der Waals surface area contributed by atoms with Crippen molar-refractivity contribution in [2.75, 3.05) is 0 Å². The molecule has 0 aromatic carbocycles. The summed E-state index contributed by atoms with van der Waals surface area (Å²) in [7, 11) is 0. The smallest absolute Gasteiger partial charge is 0.0538 e. The van der Waals surface area contributed by atoms with Crippen molar-refractivity contribution in [2.45, 2.75) is 33.1 Å². The number of rotatable bonds is 2.